The van der Waals surface area contributed by atoms with Crippen molar-refractivity contribution in [3.63, 3.8) is 0 Å². The van der Waals surface area contributed by atoms with Crippen LogP contribution < -0.4 is 0 Å². The van der Waals surface area contributed by atoms with E-state index in [4.69, 9.17) is 11.6 Å². The molecule has 1 saturated heterocycles. The van der Waals surface area contributed by atoms with Gasteiger partial charge in [-0.25, -0.2) is 4.79 Å². The average molecular weight is 226 g/mol. The minimum absolute atomic E-state index is 0.245. The maximum absolute atomic E-state index is 10.3. The van der Waals surface area contributed by atoms with Crippen molar-refractivity contribution in [1.29, 1.82) is 0 Å². The van der Waals surface area contributed by atoms with Crippen LogP contribution in [0.1, 0.15) is 26.2 Å². The number of carbonyl (C=O) groups is 1. The van der Waals surface area contributed by atoms with E-state index in [1.807, 2.05) is 0 Å². The van der Waals surface area contributed by atoms with Gasteiger partial charge in [0, 0.05) is 5.88 Å². The summed E-state index contributed by atoms with van der Waals surface area (Å²) in [6.45, 7) is 3.40. The Morgan fingerprint density at radius 2 is 2.31 bits per heavy atom. The van der Waals surface area contributed by atoms with Crippen molar-refractivity contribution in [2.24, 2.45) is 0 Å². The number of amides is 1. The number of unbranched alkanes of at least 4 members (excludes halogenated alkanes) is 2. The van der Waals surface area contributed by atoms with E-state index in [1.54, 1.807) is 0 Å². The van der Waals surface area contributed by atoms with E-state index in [9.17, 15) is 4.79 Å². The zero-order valence-corrected chi connectivity index (χ0v) is 9.87. The molecule has 1 unspecified atom stereocenters. The van der Waals surface area contributed by atoms with E-state index in [1.165, 1.54) is 23.9 Å². The van der Waals surface area contributed by atoms with Crippen LogP contribution in [-0.4, -0.2) is 29.8 Å². The Hall–Kier alpha value is -0.0100. The van der Waals surface area contributed by atoms with E-state index < -0.39 is 0 Å². The topological polar surface area (TPSA) is 29.5 Å². The molecule has 1 aliphatic rings. The number of halogens is 1. The summed E-state index contributed by atoms with van der Waals surface area (Å²) in [5, 5.41) is 0. The summed E-state index contributed by atoms with van der Waals surface area (Å²) < 4.78 is 5.99. The molecular formula is C8H17ClNO2P. The Labute approximate surface area is 87.0 Å². The fraction of sp³-hybridized carbons (Fsp3) is 0.875. The summed E-state index contributed by atoms with van der Waals surface area (Å²) in [7, 11) is 2.27. The first kappa shape index (κ1) is 13.0. The van der Waals surface area contributed by atoms with Crippen molar-refractivity contribution in [2.75, 3.05) is 19.0 Å². The Kier molecular flexibility index (Phi) is 8.58. The number of hydrogen-bond acceptors (Lipinski definition) is 2. The lowest BCUT2D eigenvalue weighted by Gasteiger charge is -1.98. The first-order valence-corrected chi connectivity index (χ1v) is 5.52. The third-order valence-electron chi connectivity index (χ3n) is 1.53. The number of carbonyl (C=O) groups excluding carboxylic acids is 1. The van der Waals surface area contributed by atoms with Gasteiger partial charge >= 0.3 is 6.09 Å². The van der Waals surface area contributed by atoms with Gasteiger partial charge in [-0.2, -0.15) is 0 Å². The Morgan fingerprint density at radius 1 is 1.62 bits per heavy atom. The number of hydrogen-bond donors (Lipinski definition) is 0. The summed E-state index contributed by atoms with van der Waals surface area (Å²) in [4.78, 5) is 10.3. The first-order chi connectivity index (χ1) is 6.22. The Balaban J connectivity index is 0.000000226. The number of alkyl halides is 1. The molecule has 1 aliphatic heterocycles. The molecule has 0 aromatic carbocycles. The Bertz CT molecular complexity index is 142. The standard InChI is InChI=1S/C5H11Cl.C3H6NO2P/c1-2-3-4-5-6;5-3-4(7)1-2-6-3/h2-5H2,1H3;1-2,7H2. The summed E-state index contributed by atoms with van der Waals surface area (Å²) in [5.41, 5.74) is 0. The van der Waals surface area contributed by atoms with Gasteiger partial charge < -0.3 is 4.74 Å². The predicted octanol–water partition coefficient (Wildman–Crippen LogP) is 2.64. The normalized spacial score (nSPS) is 15.0. The molecule has 0 saturated carbocycles. The van der Waals surface area contributed by atoms with E-state index in [0.29, 0.717) is 13.2 Å². The number of nitrogens with zero attached hydrogens (tertiary/aromatic N) is 1. The van der Waals surface area contributed by atoms with Crippen LogP contribution >= 0.6 is 21.0 Å². The van der Waals surface area contributed by atoms with E-state index in [-0.39, 0.29) is 6.09 Å². The molecule has 78 valence electrons. The second-order valence-electron chi connectivity index (χ2n) is 2.70. The molecule has 3 nitrogen and oxygen atoms in total. The highest BCUT2D eigenvalue weighted by Crippen LogP contribution is 2.06. The number of ether oxygens (including phenoxy) is 1. The van der Waals surface area contributed by atoms with E-state index in [0.717, 1.165) is 5.88 Å². The van der Waals surface area contributed by atoms with Crippen LogP contribution in [0.15, 0.2) is 0 Å². The largest absolute Gasteiger partial charge is 0.447 e. The highest BCUT2D eigenvalue weighted by Gasteiger charge is 2.16. The minimum atomic E-state index is -0.245. The summed E-state index contributed by atoms with van der Waals surface area (Å²) in [5.74, 6) is 0.827. The summed E-state index contributed by atoms with van der Waals surface area (Å²) in [6.07, 6.45) is 3.49. The minimum Gasteiger partial charge on any atom is -0.447 e. The van der Waals surface area contributed by atoms with Crippen molar-refractivity contribution in [3.8, 4) is 0 Å². The van der Waals surface area contributed by atoms with Crippen LogP contribution in [0.4, 0.5) is 4.79 Å². The molecule has 0 radical (unpaired) electrons. The molecule has 13 heavy (non-hydrogen) atoms. The molecule has 1 heterocycles. The fourth-order valence-electron chi connectivity index (χ4n) is 0.750. The Morgan fingerprint density at radius 3 is 2.46 bits per heavy atom. The molecule has 0 N–H and O–H groups in total. The number of cyclic esters (lactones) is 1. The van der Waals surface area contributed by atoms with Crippen LogP contribution in [0.5, 0.6) is 0 Å². The average Bonchev–Trinajstić information content (AvgIpc) is 2.49. The van der Waals surface area contributed by atoms with Gasteiger partial charge in [0.1, 0.15) is 6.61 Å². The molecule has 0 aliphatic carbocycles. The van der Waals surface area contributed by atoms with Gasteiger partial charge in [0.15, 0.2) is 0 Å². The second kappa shape index (κ2) is 8.58. The molecule has 0 spiro atoms. The highest BCUT2D eigenvalue weighted by molar-refractivity contribution is 7.14. The van der Waals surface area contributed by atoms with Gasteiger partial charge in [0.05, 0.1) is 6.54 Å². The van der Waals surface area contributed by atoms with Gasteiger partial charge in [-0.3, -0.25) is 4.67 Å². The monoisotopic (exact) mass is 225 g/mol. The van der Waals surface area contributed by atoms with Crippen molar-refractivity contribution < 1.29 is 9.53 Å². The zero-order valence-electron chi connectivity index (χ0n) is 7.96. The number of rotatable bonds is 3. The van der Waals surface area contributed by atoms with Gasteiger partial charge in [0.2, 0.25) is 0 Å². The van der Waals surface area contributed by atoms with E-state index >= 15 is 0 Å². The van der Waals surface area contributed by atoms with Crippen LogP contribution in [-0.2, 0) is 4.74 Å². The van der Waals surface area contributed by atoms with Gasteiger partial charge in [-0.15, -0.1) is 11.6 Å². The van der Waals surface area contributed by atoms with Gasteiger partial charge in [-0.05, 0) is 15.8 Å². The fourth-order valence-corrected chi connectivity index (χ4v) is 1.12. The van der Waals surface area contributed by atoms with Crippen molar-refractivity contribution in [3.05, 3.63) is 0 Å². The molecular weight excluding hydrogens is 209 g/mol. The van der Waals surface area contributed by atoms with Crippen molar-refractivity contribution in [2.45, 2.75) is 26.2 Å². The smallest absolute Gasteiger partial charge is 0.412 e. The predicted molar refractivity (Wildman–Crippen MR) is 58.0 cm³/mol. The van der Waals surface area contributed by atoms with Crippen LogP contribution in [0.25, 0.3) is 0 Å². The lowest BCUT2D eigenvalue weighted by Crippen LogP contribution is -2.09. The van der Waals surface area contributed by atoms with Crippen molar-refractivity contribution >= 4 is 27.1 Å². The SMILES string of the molecule is CCCCCCl.O=C1OCCN1P. The lowest BCUT2D eigenvalue weighted by molar-refractivity contribution is 0.171. The molecule has 1 fully saturated rings. The molecule has 1 amide bonds. The van der Waals surface area contributed by atoms with Crippen LogP contribution in [0.2, 0.25) is 0 Å². The zero-order chi connectivity index (χ0) is 10.1. The lowest BCUT2D eigenvalue weighted by atomic mass is 10.3. The van der Waals surface area contributed by atoms with Gasteiger partial charge in [-0.1, -0.05) is 19.8 Å². The molecule has 1 rings (SSSR count). The molecule has 0 bridgehead atoms. The van der Waals surface area contributed by atoms with Crippen LogP contribution in [0, 0.1) is 0 Å². The third-order valence-corrected chi connectivity index (χ3v) is 2.27. The van der Waals surface area contributed by atoms with Crippen LogP contribution in [0.3, 0.4) is 0 Å². The molecule has 1 atom stereocenters. The quantitative estimate of drug-likeness (QED) is 0.420. The summed E-state index contributed by atoms with van der Waals surface area (Å²) >= 11 is 5.38. The molecule has 0 aromatic rings. The maximum Gasteiger partial charge on any atom is 0.412 e. The second-order valence-corrected chi connectivity index (χ2v) is 3.71. The summed E-state index contributed by atoms with van der Waals surface area (Å²) in [6, 6.07) is 0. The van der Waals surface area contributed by atoms with E-state index in [2.05, 4.69) is 21.1 Å². The highest BCUT2D eigenvalue weighted by atomic mass is 35.5. The van der Waals surface area contributed by atoms with Gasteiger partial charge in [0.25, 0.3) is 0 Å². The maximum atomic E-state index is 10.3. The first-order valence-electron chi connectivity index (χ1n) is 4.47. The third kappa shape index (κ3) is 7.09. The molecule has 5 heteroatoms. The van der Waals surface area contributed by atoms with Crippen molar-refractivity contribution in [1.82, 2.24) is 4.67 Å². The molecule has 0 aromatic heterocycles.